The number of hydrogen-bond donors (Lipinski definition) is 2. The van der Waals surface area contributed by atoms with E-state index in [9.17, 15) is 14.0 Å². The largest absolute Gasteiger partial charge is 0.489 e. The third-order valence-electron chi connectivity index (χ3n) is 4.02. The Bertz CT molecular complexity index is 1050. The fourth-order valence-corrected chi connectivity index (χ4v) is 2.73. The monoisotopic (exact) mass is 371 g/mol. The van der Waals surface area contributed by atoms with Crippen LogP contribution in [0, 0.1) is 12.7 Å². The first-order valence-corrected chi connectivity index (χ1v) is 8.29. The molecule has 3 aromatic rings. The predicted octanol–water partition coefficient (Wildman–Crippen LogP) is 2.69. The Hall–Kier alpha value is -3.42. The van der Waals surface area contributed by atoms with Crippen LogP contribution < -0.4 is 15.6 Å². The molecule has 0 saturated heterocycles. The standard InChI is InChI=1S/C19H18FN3O4/c1-12-22-17-10-15(27-11-13-3-2-4-14(20)9-13)5-6-16(17)18(24)23(12)8-7-21-19(25)26/h2-6,9-10,21H,7-8,11H2,1H3,(H,25,26). The molecule has 0 aliphatic rings. The summed E-state index contributed by atoms with van der Waals surface area (Å²) in [6.45, 7) is 2.18. The minimum absolute atomic E-state index is 0.109. The second kappa shape index (κ2) is 7.86. The zero-order valence-corrected chi connectivity index (χ0v) is 14.6. The molecule has 0 spiro atoms. The molecule has 0 radical (unpaired) electrons. The van der Waals surface area contributed by atoms with Crippen LogP contribution in [0.4, 0.5) is 9.18 Å². The van der Waals surface area contributed by atoms with Gasteiger partial charge in [-0.05, 0) is 36.8 Å². The molecule has 140 valence electrons. The Morgan fingerprint density at radius 2 is 2.11 bits per heavy atom. The highest BCUT2D eigenvalue weighted by atomic mass is 19.1. The summed E-state index contributed by atoms with van der Waals surface area (Å²) in [5.41, 5.74) is 0.929. The van der Waals surface area contributed by atoms with E-state index in [1.165, 1.54) is 16.7 Å². The number of carbonyl (C=O) groups is 1. The lowest BCUT2D eigenvalue weighted by Crippen LogP contribution is -2.31. The van der Waals surface area contributed by atoms with Crippen molar-refractivity contribution in [3.05, 3.63) is 70.0 Å². The number of aryl methyl sites for hydroxylation is 1. The molecule has 0 aliphatic carbocycles. The Kier molecular flexibility index (Phi) is 5.35. The Balaban J connectivity index is 1.81. The van der Waals surface area contributed by atoms with Crippen molar-refractivity contribution in [2.24, 2.45) is 0 Å². The number of hydrogen-bond acceptors (Lipinski definition) is 4. The molecule has 1 amide bonds. The lowest BCUT2D eigenvalue weighted by molar-refractivity contribution is 0.194. The zero-order chi connectivity index (χ0) is 19.4. The molecule has 2 aromatic carbocycles. The highest BCUT2D eigenvalue weighted by Crippen LogP contribution is 2.19. The Morgan fingerprint density at radius 1 is 1.30 bits per heavy atom. The SMILES string of the molecule is Cc1nc2cc(OCc3cccc(F)c3)ccc2c(=O)n1CCNC(=O)O. The van der Waals surface area contributed by atoms with E-state index < -0.39 is 6.09 Å². The maximum atomic E-state index is 13.2. The highest BCUT2D eigenvalue weighted by Gasteiger charge is 2.10. The summed E-state index contributed by atoms with van der Waals surface area (Å²) < 4.78 is 20.3. The minimum Gasteiger partial charge on any atom is -0.489 e. The predicted molar refractivity (Wildman–Crippen MR) is 97.5 cm³/mol. The van der Waals surface area contributed by atoms with Crippen molar-refractivity contribution < 1.29 is 19.0 Å². The topological polar surface area (TPSA) is 93.5 Å². The molecule has 0 atom stereocenters. The lowest BCUT2D eigenvalue weighted by Gasteiger charge is -2.12. The summed E-state index contributed by atoms with van der Waals surface area (Å²) in [7, 11) is 0. The van der Waals surface area contributed by atoms with Gasteiger partial charge in [0, 0.05) is 19.2 Å². The van der Waals surface area contributed by atoms with Gasteiger partial charge in [-0.15, -0.1) is 0 Å². The third kappa shape index (κ3) is 4.41. The molecule has 0 saturated carbocycles. The molecule has 2 N–H and O–H groups in total. The molecule has 0 bridgehead atoms. The summed E-state index contributed by atoms with van der Waals surface area (Å²) in [6, 6.07) is 11.1. The molecule has 7 nitrogen and oxygen atoms in total. The van der Waals surface area contributed by atoms with Crippen molar-refractivity contribution in [1.82, 2.24) is 14.9 Å². The Morgan fingerprint density at radius 3 is 2.85 bits per heavy atom. The van der Waals surface area contributed by atoms with Crippen LogP contribution in [0.2, 0.25) is 0 Å². The van der Waals surface area contributed by atoms with Crippen molar-refractivity contribution in [1.29, 1.82) is 0 Å². The van der Waals surface area contributed by atoms with E-state index in [1.54, 1.807) is 37.3 Å². The number of nitrogens with zero attached hydrogens (tertiary/aromatic N) is 2. The van der Waals surface area contributed by atoms with E-state index in [0.717, 1.165) is 0 Å². The number of ether oxygens (including phenoxy) is 1. The van der Waals surface area contributed by atoms with Crippen LogP contribution in [0.25, 0.3) is 10.9 Å². The fourth-order valence-electron chi connectivity index (χ4n) is 2.73. The van der Waals surface area contributed by atoms with Gasteiger partial charge < -0.3 is 15.2 Å². The van der Waals surface area contributed by atoms with Gasteiger partial charge in [0.1, 0.15) is 24.0 Å². The molecular formula is C19H18FN3O4. The number of fused-ring (bicyclic) bond motifs is 1. The van der Waals surface area contributed by atoms with Crippen LogP contribution >= 0.6 is 0 Å². The van der Waals surface area contributed by atoms with Crippen molar-refractivity contribution in [3.8, 4) is 5.75 Å². The van der Waals surface area contributed by atoms with E-state index in [-0.39, 0.29) is 31.1 Å². The maximum absolute atomic E-state index is 13.2. The summed E-state index contributed by atoms with van der Waals surface area (Å²) in [5.74, 6) is 0.662. The van der Waals surface area contributed by atoms with E-state index in [1.807, 2.05) is 0 Å². The van der Waals surface area contributed by atoms with Gasteiger partial charge >= 0.3 is 6.09 Å². The van der Waals surface area contributed by atoms with E-state index in [2.05, 4.69) is 10.3 Å². The van der Waals surface area contributed by atoms with Crippen molar-refractivity contribution >= 4 is 17.0 Å². The number of benzene rings is 2. The van der Waals surface area contributed by atoms with Crippen LogP contribution in [-0.4, -0.2) is 27.3 Å². The number of aromatic nitrogens is 2. The van der Waals surface area contributed by atoms with Crippen molar-refractivity contribution in [3.63, 3.8) is 0 Å². The third-order valence-corrected chi connectivity index (χ3v) is 4.02. The molecule has 3 rings (SSSR count). The first-order valence-electron chi connectivity index (χ1n) is 8.29. The molecule has 0 unspecified atom stereocenters. The van der Waals surface area contributed by atoms with Crippen LogP contribution in [0.1, 0.15) is 11.4 Å². The normalized spacial score (nSPS) is 10.7. The molecule has 0 fully saturated rings. The highest BCUT2D eigenvalue weighted by molar-refractivity contribution is 5.79. The van der Waals surface area contributed by atoms with E-state index in [0.29, 0.717) is 28.0 Å². The van der Waals surface area contributed by atoms with Gasteiger partial charge in [0.25, 0.3) is 5.56 Å². The quantitative estimate of drug-likeness (QED) is 0.695. The van der Waals surface area contributed by atoms with E-state index >= 15 is 0 Å². The number of carboxylic acid groups (broad SMARTS) is 1. The number of amides is 1. The molecule has 8 heteroatoms. The van der Waals surface area contributed by atoms with Crippen LogP contribution in [0.5, 0.6) is 5.75 Å². The molecule has 1 heterocycles. The van der Waals surface area contributed by atoms with Gasteiger partial charge in [0.05, 0.1) is 10.9 Å². The minimum atomic E-state index is -1.14. The van der Waals surface area contributed by atoms with Gasteiger partial charge in [-0.25, -0.2) is 14.2 Å². The van der Waals surface area contributed by atoms with Crippen LogP contribution in [0.15, 0.2) is 47.3 Å². The van der Waals surface area contributed by atoms with Gasteiger partial charge in [-0.1, -0.05) is 12.1 Å². The van der Waals surface area contributed by atoms with Gasteiger partial charge in [-0.3, -0.25) is 9.36 Å². The second-order valence-corrected chi connectivity index (χ2v) is 5.95. The smallest absolute Gasteiger partial charge is 0.404 e. The van der Waals surface area contributed by atoms with Gasteiger partial charge in [0.2, 0.25) is 0 Å². The molecular weight excluding hydrogens is 353 g/mol. The van der Waals surface area contributed by atoms with Gasteiger partial charge in [-0.2, -0.15) is 0 Å². The second-order valence-electron chi connectivity index (χ2n) is 5.95. The van der Waals surface area contributed by atoms with E-state index in [4.69, 9.17) is 9.84 Å². The van der Waals surface area contributed by atoms with Crippen LogP contribution in [0.3, 0.4) is 0 Å². The maximum Gasteiger partial charge on any atom is 0.404 e. The first kappa shape index (κ1) is 18.4. The lowest BCUT2D eigenvalue weighted by atomic mass is 10.2. The summed E-state index contributed by atoms with van der Waals surface area (Å²) in [6.07, 6.45) is -1.14. The van der Waals surface area contributed by atoms with Crippen molar-refractivity contribution in [2.45, 2.75) is 20.1 Å². The number of nitrogens with one attached hydrogen (secondary N) is 1. The first-order chi connectivity index (χ1) is 12.9. The summed E-state index contributed by atoms with van der Waals surface area (Å²) in [4.78, 5) is 27.6. The van der Waals surface area contributed by atoms with Gasteiger partial charge in [0.15, 0.2) is 0 Å². The molecule has 0 aliphatic heterocycles. The summed E-state index contributed by atoms with van der Waals surface area (Å²) in [5, 5.41) is 11.3. The molecule has 27 heavy (non-hydrogen) atoms. The average molecular weight is 371 g/mol. The fraction of sp³-hybridized carbons (Fsp3) is 0.211. The summed E-state index contributed by atoms with van der Waals surface area (Å²) >= 11 is 0. The Labute approximate surface area is 154 Å². The zero-order valence-electron chi connectivity index (χ0n) is 14.6. The number of halogens is 1. The number of rotatable bonds is 6. The van der Waals surface area contributed by atoms with Crippen molar-refractivity contribution in [2.75, 3.05) is 6.54 Å². The van der Waals surface area contributed by atoms with Crippen LogP contribution in [-0.2, 0) is 13.2 Å². The average Bonchev–Trinajstić information content (AvgIpc) is 2.62. The molecule has 1 aromatic heterocycles.